The number of oxime groups is 1. The van der Waals surface area contributed by atoms with Gasteiger partial charge >= 0.3 is 6.09 Å². The zero-order chi connectivity index (χ0) is 34.8. The number of ketones is 1. The lowest BCUT2D eigenvalue weighted by Gasteiger charge is -2.35. The van der Waals surface area contributed by atoms with E-state index in [0.29, 0.717) is 36.6 Å². The number of aryl methyl sites for hydroxylation is 1. The number of Topliss-reactive ketones (excluding diaryl/α,β-unsaturated/α-hetero) is 1. The molecular weight excluding hydrogens is 642 g/mol. The lowest BCUT2D eigenvalue weighted by molar-refractivity contribution is -0.144. The van der Waals surface area contributed by atoms with Crippen LogP contribution in [0.25, 0.3) is 0 Å². The van der Waals surface area contributed by atoms with Crippen LogP contribution in [0, 0.1) is 12.3 Å². The van der Waals surface area contributed by atoms with E-state index >= 15 is 0 Å². The zero-order valence-corrected chi connectivity index (χ0v) is 29.0. The summed E-state index contributed by atoms with van der Waals surface area (Å²) in [5.74, 6) is -2.56. The number of hydrogen-bond donors (Lipinski definition) is 3. The predicted molar refractivity (Wildman–Crippen MR) is 176 cm³/mol. The maximum absolute atomic E-state index is 14.4. The number of rotatable bonds is 11. The van der Waals surface area contributed by atoms with E-state index in [1.807, 2.05) is 26.0 Å². The van der Waals surface area contributed by atoms with E-state index in [4.69, 9.17) is 25.9 Å². The van der Waals surface area contributed by atoms with Crippen LogP contribution in [0.1, 0.15) is 83.8 Å². The third-order valence-corrected chi connectivity index (χ3v) is 9.62. The van der Waals surface area contributed by atoms with E-state index in [9.17, 15) is 24.0 Å². The third-order valence-electron chi connectivity index (χ3n) is 9.20. The van der Waals surface area contributed by atoms with Crippen LogP contribution in [0.2, 0.25) is 5.02 Å². The number of amides is 4. The molecule has 14 heteroatoms. The minimum absolute atomic E-state index is 0.00216. The van der Waals surface area contributed by atoms with Gasteiger partial charge in [-0.1, -0.05) is 56.9 Å². The molecule has 4 amide bonds. The highest BCUT2D eigenvalue weighted by molar-refractivity contribution is 6.38. The molecule has 0 unspecified atom stereocenters. The molecule has 5 atom stereocenters. The number of hydrogen-bond acceptors (Lipinski definition) is 9. The SMILES string of the molecule is CCC[C@H](NC(=O)[C@@H]1C[C@]2(CC(c3ccc(Cl)c(C)c3)=NO2)CN1C(=O)[C@@H](NC(=O)O[C@H]1CCOC1)C(C)(C)C)C(=O)C(=O)NC1CC1. The molecule has 48 heavy (non-hydrogen) atoms. The molecule has 2 saturated heterocycles. The minimum atomic E-state index is -1.08. The number of halogens is 1. The lowest BCUT2D eigenvalue weighted by Crippen LogP contribution is -2.59. The molecule has 5 rings (SSSR count). The first-order valence-corrected chi connectivity index (χ1v) is 17.1. The van der Waals surface area contributed by atoms with Gasteiger partial charge in [0.25, 0.3) is 5.91 Å². The van der Waals surface area contributed by atoms with Gasteiger partial charge in [0, 0.05) is 30.3 Å². The lowest BCUT2D eigenvalue weighted by atomic mass is 9.85. The summed E-state index contributed by atoms with van der Waals surface area (Å²) in [5, 5.41) is 13.2. The molecule has 0 aromatic heterocycles. The topological polar surface area (TPSA) is 165 Å². The second-order valence-corrected chi connectivity index (χ2v) is 14.8. The van der Waals surface area contributed by atoms with E-state index in [1.54, 1.807) is 26.8 Å². The van der Waals surface area contributed by atoms with Crippen LogP contribution >= 0.6 is 11.6 Å². The molecule has 262 valence electrons. The summed E-state index contributed by atoms with van der Waals surface area (Å²) >= 11 is 6.25. The molecule has 3 N–H and O–H groups in total. The van der Waals surface area contributed by atoms with Crippen molar-refractivity contribution < 1.29 is 38.3 Å². The molecule has 1 aromatic carbocycles. The largest absolute Gasteiger partial charge is 0.444 e. The number of nitrogens with one attached hydrogen (secondary N) is 3. The van der Waals surface area contributed by atoms with Gasteiger partial charge in [-0.05, 0) is 54.9 Å². The molecule has 3 fully saturated rings. The van der Waals surface area contributed by atoms with Crippen molar-refractivity contribution in [1.82, 2.24) is 20.9 Å². The summed E-state index contributed by atoms with van der Waals surface area (Å²) in [5.41, 5.74) is 0.498. The molecule has 0 bridgehead atoms. The van der Waals surface area contributed by atoms with Gasteiger partial charge in [-0.3, -0.25) is 19.2 Å². The molecule has 0 radical (unpaired) electrons. The van der Waals surface area contributed by atoms with Gasteiger partial charge in [0.15, 0.2) is 5.60 Å². The van der Waals surface area contributed by atoms with E-state index in [-0.39, 0.29) is 32.0 Å². The van der Waals surface area contributed by atoms with Crippen molar-refractivity contribution in [3.05, 3.63) is 34.3 Å². The summed E-state index contributed by atoms with van der Waals surface area (Å²) in [6, 6.07) is 2.28. The van der Waals surface area contributed by atoms with Crippen molar-refractivity contribution in [1.29, 1.82) is 0 Å². The quantitative estimate of drug-likeness (QED) is 0.299. The molecule has 3 aliphatic heterocycles. The number of ether oxygens (including phenoxy) is 2. The number of likely N-dealkylation sites (tertiary alicyclic amines) is 1. The fourth-order valence-corrected chi connectivity index (χ4v) is 6.42. The van der Waals surface area contributed by atoms with Gasteiger partial charge < -0.3 is 35.2 Å². The molecular formula is C34H46ClN5O8. The second-order valence-electron chi connectivity index (χ2n) is 14.4. The van der Waals surface area contributed by atoms with Gasteiger partial charge in [-0.25, -0.2) is 4.79 Å². The molecule has 1 saturated carbocycles. The van der Waals surface area contributed by atoms with Crippen LogP contribution in [0.15, 0.2) is 23.4 Å². The van der Waals surface area contributed by atoms with Crippen LogP contribution in [-0.4, -0.2) is 95.8 Å². The Hall–Kier alpha value is -3.71. The maximum atomic E-state index is 14.4. The third kappa shape index (κ3) is 8.28. The molecule has 1 spiro atoms. The van der Waals surface area contributed by atoms with Gasteiger partial charge in [-0.15, -0.1) is 0 Å². The second kappa shape index (κ2) is 14.4. The van der Waals surface area contributed by atoms with Gasteiger partial charge in [-0.2, -0.15) is 0 Å². The van der Waals surface area contributed by atoms with E-state index in [1.165, 1.54) is 4.90 Å². The number of alkyl carbamates (subject to hydrolysis) is 1. The van der Waals surface area contributed by atoms with Crippen molar-refractivity contribution in [3.8, 4) is 0 Å². The van der Waals surface area contributed by atoms with Crippen molar-refractivity contribution in [2.45, 2.75) is 115 Å². The molecule has 4 aliphatic rings. The first-order chi connectivity index (χ1) is 22.7. The number of nitrogens with zero attached hydrogens (tertiary/aromatic N) is 2. The highest BCUT2D eigenvalue weighted by Gasteiger charge is 2.56. The van der Waals surface area contributed by atoms with Crippen molar-refractivity contribution in [3.63, 3.8) is 0 Å². The Morgan fingerprint density at radius 3 is 2.52 bits per heavy atom. The number of carbonyl (C=O) groups is 5. The summed E-state index contributed by atoms with van der Waals surface area (Å²) in [6.07, 6.45) is 2.18. The van der Waals surface area contributed by atoms with Gasteiger partial charge in [0.05, 0.1) is 31.5 Å². The summed E-state index contributed by atoms with van der Waals surface area (Å²) in [7, 11) is 0. The zero-order valence-electron chi connectivity index (χ0n) is 28.2. The van der Waals surface area contributed by atoms with E-state index < -0.39 is 64.8 Å². The van der Waals surface area contributed by atoms with Crippen molar-refractivity contribution in [2.75, 3.05) is 19.8 Å². The average Bonchev–Trinajstić information content (AvgIpc) is 3.38. The van der Waals surface area contributed by atoms with Crippen molar-refractivity contribution >= 4 is 46.9 Å². The standard InChI is InChI=1S/C34H46ClN5O8/c1-6-7-24(27(41)30(43)36-21-9-10-21)37-29(42)26-16-34(15-25(39-48-34)20-8-11-23(35)19(2)14-20)18-40(26)31(44)28(33(3,4)5)38-32(45)47-22-12-13-46-17-22/h8,11,14,21-22,24,26,28H,6-7,9-10,12-13,15-18H2,1-5H3,(H,36,43)(H,37,42)(H,38,45)/t22-,24-,26-,28+,34+/m0/s1. The Morgan fingerprint density at radius 1 is 1.15 bits per heavy atom. The Labute approximate surface area is 285 Å². The van der Waals surface area contributed by atoms with Gasteiger partial charge in [0.2, 0.25) is 17.6 Å². The van der Waals surface area contributed by atoms with Crippen molar-refractivity contribution in [2.24, 2.45) is 10.6 Å². The summed E-state index contributed by atoms with van der Waals surface area (Å²) in [4.78, 5) is 74.7. The summed E-state index contributed by atoms with van der Waals surface area (Å²) < 4.78 is 10.8. The van der Waals surface area contributed by atoms with Crippen LogP contribution in [0.4, 0.5) is 4.79 Å². The van der Waals surface area contributed by atoms with E-state index in [2.05, 4.69) is 21.1 Å². The fraction of sp³-hybridized carbons (Fsp3) is 0.647. The molecule has 3 heterocycles. The van der Waals surface area contributed by atoms with Crippen LogP contribution < -0.4 is 16.0 Å². The maximum Gasteiger partial charge on any atom is 0.408 e. The Bertz CT molecular complexity index is 1470. The Balaban J connectivity index is 1.39. The minimum Gasteiger partial charge on any atom is -0.444 e. The highest BCUT2D eigenvalue weighted by atomic mass is 35.5. The van der Waals surface area contributed by atoms with Crippen LogP contribution in [0.5, 0.6) is 0 Å². The summed E-state index contributed by atoms with van der Waals surface area (Å²) in [6.45, 7) is 9.92. The van der Waals surface area contributed by atoms with E-state index in [0.717, 1.165) is 24.0 Å². The monoisotopic (exact) mass is 687 g/mol. The van der Waals surface area contributed by atoms with Crippen LogP contribution in [-0.2, 0) is 33.5 Å². The Morgan fingerprint density at radius 2 is 1.90 bits per heavy atom. The molecule has 1 aromatic rings. The molecule has 1 aliphatic carbocycles. The average molecular weight is 688 g/mol. The molecule has 13 nitrogen and oxygen atoms in total. The first-order valence-electron chi connectivity index (χ1n) is 16.7. The normalized spacial score (nSPS) is 24.8. The smallest absolute Gasteiger partial charge is 0.408 e. The first kappa shape index (κ1) is 35.6. The van der Waals surface area contributed by atoms with Crippen LogP contribution in [0.3, 0.4) is 0 Å². The predicted octanol–water partition coefficient (Wildman–Crippen LogP) is 3.17. The van der Waals surface area contributed by atoms with Gasteiger partial charge in [0.1, 0.15) is 18.2 Å². The highest BCUT2D eigenvalue weighted by Crippen LogP contribution is 2.40. The number of carbonyl (C=O) groups excluding carboxylic acids is 5. The Kier molecular flexibility index (Phi) is 10.7. The fourth-order valence-electron chi connectivity index (χ4n) is 6.30. The number of benzene rings is 1.